The number of para-hydroxylation sites is 1. The molecule has 23 heavy (non-hydrogen) atoms. The molecule has 3 fully saturated rings. The highest BCUT2D eigenvalue weighted by Crippen LogP contribution is 2.48. The molecule has 2 aromatic rings. The van der Waals surface area contributed by atoms with Gasteiger partial charge in [0.1, 0.15) is 5.82 Å². The van der Waals surface area contributed by atoms with Gasteiger partial charge in [0.25, 0.3) is 0 Å². The molecule has 1 aromatic carbocycles. The van der Waals surface area contributed by atoms with E-state index in [0.717, 1.165) is 11.3 Å². The van der Waals surface area contributed by atoms with E-state index in [4.69, 9.17) is 4.98 Å². The highest BCUT2D eigenvalue weighted by atomic mass is 15.4. The molecule has 2 heterocycles. The van der Waals surface area contributed by atoms with Gasteiger partial charge in [0.05, 0.1) is 11.2 Å². The van der Waals surface area contributed by atoms with Gasteiger partial charge in [0, 0.05) is 41.2 Å². The third-order valence-electron chi connectivity index (χ3n) is 5.13. The fourth-order valence-electron chi connectivity index (χ4n) is 4.03. The van der Waals surface area contributed by atoms with Crippen LogP contribution in [0.2, 0.25) is 0 Å². The molecule has 1 aromatic heterocycles. The van der Waals surface area contributed by atoms with E-state index >= 15 is 0 Å². The molecule has 0 amide bonds. The van der Waals surface area contributed by atoms with Crippen LogP contribution in [0.25, 0.3) is 10.9 Å². The number of piperazine rings is 1. The largest absolute Gasteiger partial charge is 0.365 e. The number of benzene rings is 1. The maximum absolute atomic E-state index is 4.84. The van der Waals surface area contributed by atoms with E-state index in [-0.39, 0.29) is 5.54 Å². The first kappa shape index (κ1) is 13.6. The molecule has 4 atom stereocenters. The number of rotatable bonds is 2. The highest BCUT2D eigenvalue weighted by Gasteiger charge is 2.58. The predicted molar refractivity (Wildman–Crippen MR) is 95.1 cm³/mol. The lowest BCUT2D eigenvalue weighted by atomic mass is 10.1. The number of fused-ring (bicyclic) bond motifs is 3. The Balaban J connectivity index is 1.64. The number of hydrogen-bond donors (Lipinski definition) is 2. The Morgan fingerprint density at radius 1 is 1.13 bits per heavy atom. The molecule has 4 nitrogen and oxygen atoms in total. The molecule has 1 saturated heterocycles. The van der Waals surface area contributed by atoms with Crippen LogP contribution in [0.3, 0.4) is 0 Å². The molecular formula is C19H24N4. The Bertz CT molecular complexity index is 763. The van der Waals surface area contributed by atoms with Gasteiger partial charge in [-0.15, -0.1) is 0 Å². The molecule has 4 unspecified atom stereocenters. The monoisotopic (exact) mass is 308 g/mol. The van der Waals surface area contributed by atoms with E-state index in [1.807, 2.05) is 0 Å². The smallest absolute Gasteiger partial charge is 0.129 e. The second kappa shape index (κ2) is 4.38. The Labute approximate surface area is 137 Å². The van der Waals surface area contributed by atoms with Crippen LogP contribution >= 0.6 is 0 Å². The van der Waals surface area contributed by atoms with Crippen LogP contribution in [0, 0.1) is 0 Å². The van der Waals surface area contributed by atoms with E-state index < -0.39 is 0 Å². The SMILES string of the molecule is CC(C)(C)Nc1cc(N2C3CC3NC3CC32)c2ccccc2n1. The zero-order chi connectivity index (χ0) is 15.8. The second-order valence-electron chi connectivity index (χ2n) is 8.31. The molecule has 0 bridgehead atoms. The second-order valence-corrected chi connectivity index (χ2v) is 8.31. The van der Waals surface area contributed by atoms with Crippen LogP contribution in [0.4, 0.5) is 11.5 Å². The minimum absolute atomic E-state index is 0.0143. The molecule has 3 aliphatic rings. The van der Waals surface area contributed by atoms with Gasteiger partial charge in [0.2, 0.25) is 0 Å². The molecule has 2 N–H and O–H groups in total. The van der Waals surface area contributed by atoms with Gasteiger partial charge in [-0.25, -0.2) is 4.98 Å². The van der Waals surface area contributed by atoms with Gasteiger partial charge in [-0.3, -0.25) is 0 Å². The van der Waals surface area contributed by atoms with Gasteiger partial charge in [-0.1, -0.05) is 18.2 Å². The van der Waals surface area contributed by atoms with Gasteiger partial charge in [0.15, 0.2) is 0 Å². The fourth-order valence-corrected chi connectivity index (χ4v) is 4.03. The highest BCUT2D eigenvalue weighted by molar-refractivity contribution is 5.94. The number of anilines is 2. The lowest BCUT2D eigenvalue weighted by Gasteiger charge is -2.31. The topological polar surface area (TPSA) is 40.2 Å². The van der Waals surface area contributed by atoms with Crippen molar-refractivity contribution in [2.75, 3.05) is 10.2 Å². The first-order chi connectivity index (χ1) is 11.0. The van der Waals surface area contributed by atoms with Crippen molar-refractivity contribution in [1.82, 2.24) is 10.3 Å². The zero-order valence-corrected chi connectivity index (χ0v) is 14.0. The molecule has 1 aliphatic heterocycles. The third kappa shape index (κ3) is 2.27. The summed E-state index contributed by atoms with van der Waals surface area (Å²) in [6, 6.07) is 13.6. The van der Waals surface area contributed by atoms with Crippen LogP contribution in [-0.4, -0.2) is 34.7 Å². The van der Waals surface area contributed by atoms with Crippen LogP contribution in [-0.2, 0) is 0 Å². The van der Waals surface area contributed by atoms with Gasteiger partial charge in [-0.2, -0.15) is 0 Å². The summed E-state index contributed by atoms with van der Waals surface area (Å²) in [5, 5.41) is 8.59. The molecular weight excluding hydrogens is 284 g/mol. The molecule has 120 valence electrons. The number of hydrogen-bond acceptors (Lipinski definition) is 4. The normalized spacial score (nSPS) is 31.5. The Morgan fingerprint density at radius 2 is 1.83 bits per heavy atom. The van der Waals surface area contributed by atoms with Crippen molar-refractivity contribution in [3.05, 3.63) is 30.3 Å². The summed E-state index contributed by atoms with van der Waals surface area (Å²) in [6.45, 7) is 6.55. The molecule has 0 spiro atoms. The summed E-state index contributed by atoms with van der Waals surface area (Å²) in [7, 11) is 0. The molecule has 0 radical (unpaired) electrons. The molecule has 4 heteroatoms. The van der Waals surface area contributed by atoms with Crippen molar-refractivity contribution in [3.8, 4) is 0 Å². The van der Waals surface area contributed by atoms with Gasteiger partial charge >= 0.3 is 0 Å². The lowest BCUT2D eigenvalue weighted by Crippen LogP contribution is -2.43. The average Bonchev–Trinajstić information content (AvgIpc) is 3.36. The summed E-state index contributed by atoms with van der Waals surface area (Å²) < 4.78 is 0. The minimum Gasteiger partial charge on any atom is -0.365 e. The maximum Gasteiger partial charge on any atom is 0.129 e. The number of nitrogens with zero attached hydrogens (tertiary/aromatic N) is 2. The number of aromatic nitrogens is 1. The van der Waals surface area contributed by atoms with Crippen LogP contribution < -0.4 is 15.5 Å². The van der Waals surface area contributed by atoms with Gasteiger partial charge in [-0.05, 0) is 39.7 Å². The van der Waals surface area contributed by atoms with Crippen LogP contribution in [0.1, 0.15) is 33.6 Å². The quantitative estimate of drug-likeness (QED) is 0.894. The fraction of sp³-hybridized carbons (Fsp3) is 0.526. The molecule has 2 aliphatic carbocycles. The van der Waals surface area contributed by atoms with Crippen molar-refractivity contribution in [3.63, 3.8) is 0 Å². The standard InChI is InChI=1S/C19H24N4/c1-19(2,3)22-18-10-15(11-6-4-5-7-12(11)21-18)23-16-8-13(16)20-14-9-17(14)23/h4-7,10,13-14,16-17,20H,8-9H2,1-3H3,(H,21,22). The lowest BCUT2D eigenvalue weighted by molar-refractivity contribution is 0.574. The van der Waals surface area contributed by atoms with Crippen molar-refractivity contribution in [2.45, 2.75) is 63.3 Å². The Kier molecular flexibility index (Phi) is 2.59. The predicted octanol–water partition coefficient (Wildman–Crippen LogP) is 3.14. The molecule has 2 saturated carbocycles. The number of nitrogens with one attached hydrogen (secondary N) is 2. The maximum atomic E-state index is 4.84. The summed E-state index contributed by atoms with van der Waals surface area (Å²) in [5.74, 6) is 0.985. The van der Waals surface area contributed by atoms with E-state index in [1.54, 1.807) is 0 Å². The summed E-state index contributed by atoms with van der Waals surface area (Å²) in [6.07, 6.45) is 2.57. The Morgan fingerprint density at radius 3 is 2.52 bits per heavy atom. The first-order valence-corrected chi connectivity index (χ1v) is 8.72. The van der Waals surface area contributed by atoms with Crippen LogP contribution in [0.5, 0.6) is 0 Å². The minimum atomic E-state index is 0.0143. The Hall–Kier alpha value is -1.81. The summed E-state index contributed by atoms with van der Waals surface area (Å²) in [4.78, 5) is 7.52. The average molecular weight is 308 g/mol. The van der Waals surface area contributed by atoms with Crippen molar-refractivity contribution < 1.29 is 0 Å². The van der Waals surface area contributed by atoms with E-state index in [1.165, 1.54) is 23.9 Å². The van der Waals surface area contributed by atoms with Crippen molar-refractivity contribution >= 4 is 22.4 Å². The third-order valence-corrected chi connectivity index (χ3v) is 5.13. The van der Waals surface area contributed by atoms with Crippen LogP contribution in [0.15, 0.2) is 30.3 Å². The zero-order valence-electron chi connectivity index (χ0n) is 14.0. The van der Waals surface area contributed by atoms with Gasteiger partial charge < -0.3 is 15.5 Å². The summed E-state index contributed by atoms with van der Waals surface area (Å²) in [5.41, 5.74) is 2.47. The number of pyridine rings is 1. The first-order valence-electron chi connectivity index (χ1n) is 8.72. The van der Waals surface area contributed by atoms with E-state index in [0.29, 0.717) is 24.2 Å². The van der Waals surface area contributed by atoms with Crippen molar-refractivity contribution in [1.29, 1.82) is 0 Å². The summed E-state index contributed by atoms with van der Waals surface area (Å²) >= 11 is 0. The van der Waals surface area contributed by atoms with E-state index in [2.05, 4.69) is 66.6 Å². The van der Waals surface area contributed by atoms with E-state index in [9.17, 15) is 0 Å². The van der Waals surface area contributed by atoms with Crippen molar-refractivity contribution in [2.24, 2.45) is 0 Å². The molecule has 5 rings (SSSR count).